The van der Waals surface area contributed by atoms with Crippen LogP contribution in [0.5, 0.6) is 0 Å². The zero-order valence-electron chi connectivity index (χ0n) is 18.4. The van der Waals surface area contributed by atoms with Crippen LogP contribution in [0.2, 0.25) is 0 Å². The van der Waals surface area contributed by atoms with Gasteiger partial charge in [-0.15, -0.1) is 0 Å². The molecule has 0 unspecified atom stereocenters. The van der Waals surface area contributed by atoms with E-state index in [0.29, 0.717) is 5.56 Å². The maximum absolute atomic E-state index is 7.77. The molecule has 0 N–H and O–H groups in total. The molecule has 1 aliphatic carbocycles. The summed E-state index contributed by atoms with van der Waals surface area (Å²) < 4.78 is 25.2. The molecule has 0 radical (unpaired) electrons. The van der Waals surface area contributed by atoms with Crippen molar-refractivity contribution in [2.45, 2.75) is 40.0 Å². The molecule has 0 saturated heterocycles. The van der Waals surface area contributed by atoms with E-state index < -0.39 is 6.85 Å². The van der Waals surface area contributed by atoms with Crippen LogP contribution in [-0.4, -0.2) is 4.98 Å². The van der Waals surface area contributed by atoms with Crippen LogP contribution < -0.4 is 4.57 Å². The molecule has 25 heavy (non-hydrogen) atoms. The first-order valence-electron chi connectivity index (χ1n) is 10.1. The molecular formula is C23H25N2+. The average Bonchev–Trinajstić information content (AvgIpc) is 2.83. The van der Waals surface area contributed by atoms with E-state index >= 15 is 0 Å². The van der Waals surface area contributed by atoms with Crippen molar-refractivity contribution in [2.24, 2.45) is 7.05 Å². The number of nitrogens with zero attached hydrogens (tertiary/aromatic N) is 2. The number of benzene rings is 1. The highest BCUT2D eigenvalue weighted by Gasteiger charge is 2.37. The third-order valence-corrected chi connectivity index (χ3v) is 5.48. The Labute approximate surface area is 154 Å². The highest BCUT2D eigenvalue weighted by Crippen LogP contribution is 2.49. The lowest BCUT2D eigenvalue weighted by molar-refractivity contribution is -0.660. The maximum atomic E-state index is 7.77. The molecule has 1 aliphatic rings. The molecule has 0 fully saturated rings. The fraction of sp³-hybridized carbons (Fsp3) is 0.304. The number of rotatable bonds is 1. The molecule has 0 bridgehead atoms. The molecule has 0 spiro atoms. The van der Waals surface area contributed by atoms with Crippen LogP contribution in [-0.2, 0) is 12.5 Å². The molecule has 1 aromatic carbocycles. The topological polar surface area (TPSA) is 16.8 Å². The van der Waals surface area contributed by atoms with Crippen molar-refractivity contribution in [3.8, 4) is 22.4 Å². The predicted octanol–water partition coefficient (Wildman–Crippen LogP) is 4.80. The SMILES string of the molecule is [2H]C([2H])([2H])c1c[n+](C)c(-c2cc3c(cc2C)-c2cccnc2C3(C)C)cc1C. The molecule has 126 valence electrons. The van der Waals surface area contributed by atoms with Gasteiger partial charge in [0.2, 0.25) is 5.69 Å². The van der Waals surface area contributed by atoms with Gasteiger partial charge < -0.3 is 0 Å². The Hall–Kier alpha value is -2.48. The predicted molar refractivity (Wildman–Crippen MR) is 103 cm³/mol. The average molecular weight is 332 g/mol. The van der Waals surface area contributed by atoms with Gasteiger partial charge in [0.05, 0.1) is 5.69 Å². The van der Waals surface area contributed by atoms with Crippen LogP contribution >= 0.6 is 0 Å². The van der Waals surface area contributed by atoms with Crippen molar-refractivity contribution in [2.75, 3.05) is 0 Å². The number of aryl methyl sites for hydroxylation is 4. The minimum Gasteiger partial charge on any atom is -0.260 e. The summed E-state index contributed by atoms with van der Waals surface area (Å²) in [6.45, 7) is 6.31. The van der Waals surface area contributed by atoms with Gasteiger partial charge in [-0.1, -0.05) is 26.0 Å². The monoisotopic (exact) mass is 332 g/mol. The first kappa shape index (κ1) is 12.8. The van der Waals surface area contributed by atoms with E-state index in [0.717, 1.165) is 22.5 Å². The standard InChI is InChI=1S/C23H25N2/c1-14-11-21(25(6)13-16(14)3)18-12-20-19(10-15(18)2)17-8-7-9-24-22(17)23(20,4)5/h7-13H,1-6H3/q+1/i3D3. The second-order valence-corrected chi connectivity index (χ2v) is 7.60. The smallest absolute Gasteiger partial charge is 0.212 e. The molecule has 0 atom stereocenters. The van der Waals surface area contributed by atoms with Gasteiger partial charge >= 0.3 is 0 Å². The van der Waals surface area contributed by atoms with E-state index in [-0.39, 0.29) is 5.41 Å². The summed E-state index contributed by atoms with van der Waals surface area (Å²) in [5, 5.41) is 0. The summed E-state index contributed by atoms with van der Waals surface area (Å²) in [6.07, 6.45) is 3.60. The van der Waals surface area contributed by atoms with E-state index in [1.54, 1.807) is 6.20 Å². The van der Waals surface area contributed by atoms with Crippen LogP contribution in [0.15, 0.2) is 42.7 Å². The van der Waals surface area contributed by atoms with Crippen LogP contribution in [0.4, 0.5) is 0 Å². The van der Waals surface area contributed by atoms with Gasteiger partial charge in [-0.3, -0.25) is 4.98 Å². The summed E-state index contributed by atoms with van der Waals surface area (Å²) in [4.78, 5) is 4.66. The number of pyridine rings is 2. The third-order valence-electron chi connectivity index (χ3n) is 5.48. The molecular weight excluding hydrogens is 304 g/mol. The second kappa shape index (κ2) is 5.26. The van der Waals surface area contributed by atoms with Gasteiger partial charge in [0.15, 0.2) is 6.20 Å². The first-order valence-corrected chi connectivity index (χ1v) is 8.64. The van der Waals surface area contributed by atoms with Gasteiger partial charge in [0.25, 0.3) is 0 Å². The van der Waals surface area contributed by atoms with Crippen molar-refractivity contribution in [3.05, 3.63) is 70.7 Å². The molecule has 0 saturated carbocycles. The molecule has 0 amide bonds. The molecule has 2 nitrogen and oxygen atoms in total. The number of hydrogen-bond acceptors (Lipinski definition) is 1. The summed E-state index contributed by atoms with van der Waals surface area (Å²) in [6, 6.07) is 10.6. The number of hydrogen-bond donors (Lipinski definition) is 0. The fourth-order valence-corrected chi connectivity index (χ4v) is 3.99. The summed E-state index contributed by atoms with van der Waals surface area (Å²) >= 11 is 0. The second-order valence-electron chi connectivity index (χ2n) is 7.60. The van der Waals surface area contributed by atoms with Gasteiger partial charge in [-0.05, 0) is 55.1 Å². The van der Waals surface area contributed by atoms with Crippen molar-refractivity contribution in [3.63, 3.8) is 0 Å². The van der Waals surface area contributed by atoms with Crippen molar-refractivity contribution < 1.29 is 8.68 Å². The summed E-state index contributed by atoms with van der Waals surface area (Å²) in [7, 11) is 1.91. The Morgan fingerprint density at radius 2 is 1.80 bits per heavy atom. The zero-order valence-corrected chi connectivity index (χ0v) is 15.4. The minimum atomic E-state index is -2.11. The summed E-state index contributed by atoms with van der Waals surface area (Å²) in [5.41, 5.74) is 9.16. The first-order chi connectivity index (χ1) is 13.0. The molecule has 4 rings (SSSR count). The Kier molecular flexibility index (Phi) is 2.70. The summed E-state index contributed by atoms with van der Waals surface area (Å²) in [5.74, 6) is 0. The van der Waals surface area contributed by atoms with Crippen molar-refractivity contribution in [1.29, 1.82) is 0 Å². The maximum Gasteiger partial charge on any atom is 0.212 e. The van der Waals surface area contributed by atoms with Crippen LogP contribution in [0, 0.1) is 20.7 Å². The molecule has 2 aromatic heterocycles. The lowest BCUT2D eigenvalue weighted by atomic mass is 9.83. The Morgan fingerprint density at radius 1 is 1.00 bits per heavy atom. The quantitative estimate of drug-likeness (QED) is 0.585. The lowest BCUT2D eigenvalue weighted by Crippen LogP contribution is -2.31. The highest BCUT2D eigenvalue weighted by atomic mass is 14.9. The zero-order chi connectivity index (χ0) is 20.4. The van der Waals surface area contributed by atoms with E-state index in [2.05, 4.69) is 44.0 Å². The van der Waals surface area contributed by atoms with Gasteiger partial charge in [0, 0.05) is 38.5 Å². The Balaban J connectivity index is 1.94. The Bertz CT molecular complexity index is 1110. The van der Waals surface area contributed by atoms with Crippen molar-refractivity contribution >= 4 is 0 Å². The van der Waals surface area contributed by atoms with Crippen LogP contribution in [0.25, 0.3) is 22.4 Å². The van der Waals surface area contributed by atoms with E-state index in [1.807, 2.05) is 36.9 Å². The number of aromatic nitrogens is 2. The van der Waals surface area contributed by atoms with Gasteiger partial charge in [-0.2, -0.15) is 0 Å². The molecule has 2 heterocycles. The van der Waals surface area contributed by atoms with E-state index in [1.165, 1.54) is 22.3 Å². The van der Waals surface area contributed by atoms with Crippen LogP contribution in [0.1, 0.15) is 45.9 Å². The van der Waals surface area contributed by atoms with Gasteiger partial charge in [0.1, 0.15) is 7.05 Å². The Morgan fingerprint density at radius 3 is 2.56 bits per heavy atom. The highest BCUT2D eigenvalue weighted by molar-refractivity contribution is 5.83. The molecule has 0 aliphatic heterocycles. The lowest BCUT2D eigenvalue weighted by Gasteiger charge is -2.21. The van der Waals surface area contributed by atoms with E-state index in [9.17, 15) is 0 Å². The molecule has 2 heteroatoms. The largest absolute Gasteiger partial charge is 0.260 e. The third kappa shape index (κ3) is 2.24. The van der Waals surface area contributed by atoms with Gasteiger partial charge in [-0.25, -0.2) is 4.57 Å². The fourth-order valence-electron chi connectivity index (χ4n) is 3.99. The minimum absolute atomic E-state index is 0.166. The van der Waals surface area contributed by atoms with E-state index in [4.69, 9.17) is 4.11 Å². The number of fused-ring (bicyclic) bond motifs is 3. The molecule has 3 aromatic rings. The van der Waals surface area contributed by atoms with Crippen molar-refractivity contribution in [1.82, 2.24) is 4.98 Å². The van der Waals surface area contributed by atoms with Crippen LogP contribution in [0.3, 0.4) is 0 Å². The normalized spacial score (nSPS) is 16.6.